The number of ether oxygens (including phenoxy) is 2. The summed E-state index contributed by atoms with van der Waals surface area (Å²) < 4.78 is 13.0. The Labute approximate surface area is 130 Å². The van der Waals surface area contributed by atoms with Gasteiger partial charge in [0, 0.05) is 33.2 Å². The lowest BCUT2D eigenvalue weighted by atomic mass is 10.2. The first-order valence-corrected chi connectivity index (χ1v) is 7.22. The lowest BCUT2D eigenvalue weighted by molar-refractivity contribution is 0.359. The van der Waals surface area contributed by atoms with Crippen LogP contribution >= 0.6 is 55.1 Å². The third-order valence-electron chi connectivity index (χ3n) is 2.41. The number of benzene rings is 2. The molecular formula is C12H4Br2Cl2O2. The smallest absolute Gasteiger partial charge is 0.171 e. The van der Waals surface area contributed by atoms with Gasteiger partial charge in [-0.3, -0.25) is 0 Å². The molecule has 1 heterocycles. The zero-order chi connectivity index (χ0) is 12.9. The lowest BCUT2D eigenvalue weighted by Crippen LogP contribution is -1.99. The predicted molar refractivity (Wildman–Crippen MR) is 78.5 cm³/mol. The van der Waals surface area contributed by atoms with Crippen LogP contribution < -0.4 is 9.47 Å². The third-order valence-corrected chi connectivity index (χ3v) is 4.81. The maximum atomic E-state index is 6.02. The van der Waals surface area contributed by atoms with Gasteiger partial charge in [-0.2, -0.15) is 0 Å². The summed E-state index contributed by atoms with van der Waals surface area (Å²) in [5, 5.41) is 1.13. The fourth-order valence-electron chi connectivity index (χ4n) is 1.58. The standard InChI is InChI=1S/C12H4Br2Cl2O2/c13-5-1-9-11(3-7(5)15)18-10-2-6(14)8(16)4-12(10)17-9/h1-4H. The van der Waals surface area contributed by atoms with Crippen molar-refractivity contribution in [2.24, 2.45) is 0 Å². The highest BCUT2D eigenvalue weighted by Crippen LogP contribution is 2.49. The molecule has 0 fully saturated rings. The molecule has 1 aliphatic rings. The van der Waals surface area contributed by atoms with E-state index in [4.69, 9.17) is 32.7 Å². The third kappa shape index (κ3) is 2.11. The Morgan fingerprint density at radius 1 is 0.667 bits per heavy atom. The van der Waals surface area contributed by atoms with Crippen LogP contribution in [0.4, 0.5) is 0 Å². The molecule has 0 unspecified atom stereocenters. The van der Waals surface area contributed by atoms with Gasteiger partial charge in [0.05, 0.1) is 10.0 Å². The van der Waals surface area contributed by atoms with E-state index in [1.54, 1.807) is 24.3 Å². The summed E-state index contributed by atoms with van der Waals surface area (Å²) >= 11 is 18.7. The van der Waals surface area contributed by atoms with Crippen LogP contribution in [0.1, 0.15) is 0 Å². The topological polar surface area (TPSA) is 18.5 Å². The second kappa shape index (κ2) is 4.60. The molecule has 0 bridgehead atoms. The maximum absolute atomic E-state index is 6.02. The largest absolute Gasteiger partial charge is 0.449 e. The average molecular weight is 411 g/mol. The van der Waals surface area contributed by atoms with Gasteiger partial charge in [0.25, 0.3) is 0 Å². The molecule has 0 N–H and O–H groups in total. The van der Waals surface area contributed by atoms with Crippen molar-refractivity contribution >= 4 is 55.1 Å². The van der Waals surface area contributed by atoms with Crippen molar-refractivity contribution in [1.82, 2.24) is 0 Å². The van der Waals surface area contributed by atoms with Crippen LogP contribution in [0.3, 0.4) is 0 Å². The van der Waals surface area contributed by atoms with Gasteiger partial charge in [0.1, 0.15) is 0 Å². The Bertz CT molecular complexity index is 548. The molecule has 2 nitrogen and oxygen atoms in total. The Morgan fingerprint density at radius 3 is 1.39 bits per heavy atom. The van der Waals surface area contributed by atoms with Crippen LogP contribution in [0.2, 0.25) is 10.0 Å². The molecule has 0 saturated carbocycles. The summed E-state index contributed by atoms with van der Waals surface area (Å²) in [5.74, 6) is 2.34. The summed E-state index contributed by atoms with van der Waals surface area (Å²) in [6.45, 7) is 0. The summed E-state index contributed by atoms with van der Waals surface area (Å²) in [4.78, 5) is 0. The van der Waals surface area contributed by atoms with Crippen LogP contribution in [0.5, 0.6) is 23.0 Å². The molecule has 0 spiro atoms. The van der Waals surface area contributed by atoms with Gasteiger partial charge in [-0.05, 0) is 31.9 Å². The predicted octanol–water partition coefficient (Wildman–Crippen LogP) is 6.42. The van der Waals surface area contributed by atoms with E-state index in [1.807, 2.05) is 0 Å². The molecule has 0 aliphatic carbocycles. The van der Waals surface area contributed by atoms with Crippen molar-refractivity contribution in [3.8, 4) is 23.0 Å². The van der Waals surface area contributed by atoms with E-state index in [9.17, 15) is 0 Å². The second-order valence-electron chi connectivity index (χ2n) is 3.63. The first-order valence-electron chi connectivity index (χ1n) is 4.88. The number of hydrogen-bond acceptors (Lipinski definition) is 2. The van der Waals surface area contributed by atoms with Crippen molar-refractivity contribution in [3.05, 3.63) is 43.3 Å². The van der Waals surface area contributed by atoms with Gasteiger partial charge in [-0.1, -0.05) is 23.2 Å². The van der Waals surface area contributed by atoms with E-state index in [2.05, 4.69) is 31.9 Å². The van der Waals surface area contributed by atoms with Crippen molar-refractivity contribution in [2.75, 3.05) is 0 Å². The summed E-state index contributed by atoms with van der Waals surface area (Å²) in [6.07, 6.45) is 0. The SMILES string of the molecule is Clc1cc2c(cc1Br)Oc1cc(Cl)c(Br)cc1O2. The molecule has 0 amide bonds. The molecule has 92 valence electrons. The van der Waals surface area contributed by atoms with Crippen molar-refractivity contribution < 1.29 is 9.47 Å². The Kier molecular flexibility index (Phi) is 3.22. The fraction of sp³-hybridized carbons (Fsp3) is 0. The van der Waals surface area contributed by atoms with Crippen LogP contribution in [-0.4, -0.2) is 0 Å². The normalized spacial score (nSPS) is 12.2. The average Bonchev–Trinajstić information content (AvgIpc) is 2.31. The monoisotopic (exact) mass is 408 g/mol. The van der Waals surface area contributed by atoms with E-state index in [0.29, 0.717) is 33.0 Å². The summed E-state index contributed by atoms with van der Waals surface area (Å²) in [6, 6.07) is 6.92. The molecule has 18 heavy (non-hydrogen) atoms. The summed E-state index contributed by atoms with van der Waals surface area (Å²) in [7, 11) is 0. The van der Waals surface area contributed by atoms with Gasteiger partial charge in [-0.25, -0.2) is 0 Å². The van der Waals surface area contributed by atoms with Crippen molar-refractivity contribution in [3.63, 3.8) is 0 Å². The molecule has 0 aromatic heterocycles. The van der Waals surface area contributed by atoms with E-state index in [1.165, 1.54) is 0 Å². The van der Waals surface area contributed by atoms with E-state index >= 15 is 0 Å². The van der Waals surface area contributed by atoms with E-state index in [-0.39, 0.29) is 0 Å². The van der Waals surface area contributed by atoms with Gasteiger partial charge in [-0.15, -0.1) is 0 Å². The first kappa shape index (κ1) is 12.6. The van der Waals surface area contributed by atoms with Crippen LogP contribution in [0.15, 0.2) is 33.2 Å². The molecule has 3 rings (SSSR count). The number of rotatable bonds is 0. The molecule has 6 heteroatoms. The Morgan fingerprint density at radius 2 is 1.00 bits per heavy atom. The highest BCUT2D eigenvalue weighted by molar-refractivity contribution is 9.10. The molecular weight excluding hydrogens is 407 g/mol. The minimum Gasteiger partial charge on any atom is -0.449 e. The van der Waals surface area contributed by atoms with Crippen LogP contribution in [0.25, 0.3) is 0 Å². The van der Waals surface area contributed by atoms with Crippen molar-refractivity contribution in [2.45, 2.75) is 0 Å². The fourth-order valence-corrected chi connectivity index (χ4v) is 2.53. The zero-order valence-electron chi connectivity index (χ0n) is 8.64. The molecule has 2 aromatic rings. The lowest BCUT2D eigenvalue weighted by Gasteiger charge is -2.21. The molecule has 2 aromatic carbocycles. The van der Waals surface area contributed by atoms with Gasteiger partial charge < -0.3 is 9.47 Å². The molecule has 0 radical (unpaired) electrons. The number of hydrogen-bond donors (Lipinski definition) is 0. The van der Waals surface area contributed by atoms with Gasteiger partial charge in [0.2, 0.25) is 0 Å². The van der Waals surface area contributed by atoms with Crippen molar-refractivity contribution in [1.29, 1.82) is 0 Å². The molecule has 0 atom stereocenters. The minimum atomic E-state index is 0.564. The van der Waals surface area contributed by atoms with Crippen LogP contribution in [-0.2, 0) is 0 Å². The quantitative estimate of drug-likeness (QED) is 0.426. The minimum absolute atomic E-state index is 0.564. The Balaban J connectivity index is 2.12. The number of halogens is 4. The van der Waals surface area contributed by atoms with Gasteiger partial charge in [0.15, 0.2) is 23.0 Å². The van der Waals surface area contributed by atoms with E-state index < -0.39 is 0 Å². The zero-order valence-corrected chi connectivity index (χ0v) is 13.3. The summed E-state index contributed by atoms with van der Waals surface area (Å²) in [5.41, 5.74) is 0. The first-order chi connectivity index (χ1) is 8.54. The van der Waals surface area contributed by atoms with Gasteiger partial charge >= 0.3 is 0 Å². The molecule has 0 saturated heterocycles. The highest BCUT2D eigenvalue weighted by atomic mass is 79.9. The number of fused-ring (bicyclic) bond motifs is 2. The second-order valence-corrected chi connectivity index (χ2v) is 6.15. The van der Waals surface area contributed by atoms with E-state index in [0.717, 1.165) is 8.95 Å². The molecule has 1 aliphatic heterocycles. The van der Waals surface area contributed by atoms with Crippen LogP contribution in [0, 0.1) is 0 Å². The Hall–Kier alpha value is -0.420. The highest BCUT2D eigenvalue weighted by Gasteiger charge is 2.21. The maximum Gasteiger partial charge on any atom is 0.171 e.